The molecule has 18 heavy (non-hydrogen) atoms. The fourth-order valence-corrected chi connectivity index (χ4v) is 1.83. The van der Waals surface area contributed by atoms with Crippen LogP contribution in [0.25, 0.3) is 11.2 Å². The largest absolute Gasteiger partial charge is 0.285 e. The number of hydrogen-bond donors (Lipinski definition) is 0. The molecule has 0 amide bonds. The highest BCUT2D eigenvalue weighted by Crippen LogP contribution is 2.06. The fourth-order valence-electron chi connectivity index (χ4n) is 1.83. The summed E-state index contributed by atoms with van der Waals surface area (Å²) >= 11 is 0. The lowest BCUT2D eigenvalue weighted by Gasteiger charge is -2.07. The first-order valence-corrected chi connectivity index (χ1v) is 5.54. The molecule has 0 N–H and O–H groups in total. The first kappa shape index (κ1) is 10.6. The molecule has 0 bridgehead atoms. The average molecular weight is 238 g/mol. The van der Waals surface area contributed by atoms with Gasteiger partial charge in [-0.25, -0.2) is 15.0 Å². The molecule has 0 fully saturated rings. The Labute approximate surface area is 103 Å². The van der Waals surface area contributed by atoms with Crippen LogP contribution in [0, 0.1) is 0 Å². The van der Waals surface area contributed by atoms with Crippen molar-refractivity contribution in [2.75, 3.05) is 0 Å². The maximum absolute atomic E-state index is 11.9. The van der Waals surface area contributed by atoms with Gasteiger partial charge in [0.25, 0.3) is 5.56 Å². The first-order valence-electron chi connectivity index (χ1n) is 5.54. The van der Waals surface area contributed by atoms with Gasteiger partial charge in [0.1, 0.15) is 11.8 Å². The third-order valence-electron chi connectivity index (χ3n) is 2.69. The highest BCUT2D eigenvalue weighted by atomic mass is 16.1. The van der Waals surface area contributed by atoms with E-state index in [1.54, 1.807) is 10.8 Å². The highest BCUT2D eigenvalue weighted by molar-refractivity contribution is 5.68. The maximum Gasteiger partial charge on any atom is 0.270 e. The van der Waals surface area contributed by atoms with Crippen LogP contribution >= 0.6 is 0 Å². The predicted octanol–water partition coefficient (Wildman–Crippen LogP) is 1.23. The zero-order valence-corrected chi connectivity index (χ0v) is 9.52. The summed E-state index contributed by atoms with van der Waals surface area (Å²) in [6, 6.07) is 9.77. The standard InChI is InChI=1S/C13H10N4O/c18-12-7-15-11-6-14-9-16-13(11)17(12)8-10-4-2-1-3-5-10/h1-7,9H,8H2. The van der Waals surface area contributed by atoms with Crippen molar-refractivity contribution in [2.24, 2.45) is 0 Å². The number of hydrogen-bond acceptors (Lipinski definition) is 4. The molecule has 2 heterocycles. The molecule has 0 aliphatic heterocycles. The molecule has 0 spiro atoms. The summed E-state index contributed by atoms with van der Waals surface area (Å²) in [6.45, 7) is 0.482. The van der Waals surface area contributed by atoms with Crippen molar-refractivity contribution in [3.05, 3.63) is 65.0 Å². The van der Waals surface area contributed by atoms with Crippen molar-refractivity contribution in [1.29, 1.82) is 0 Å². The van der Waals surface area contributed by atoms with E-state index in [4.69, 9.17) is 0 Å². The summed E-state index contributed by atoms with van der Waals surface area (Å²) in [4.78, 5) is 23.9. The molecule has 2 aromatic heterocycles. The van der Waals surface area contributed by atoms with Gasteiger partial charge in [-0.3, -0.25) is 9.36 Å². The molecular formula is C13H10N4O. The van der Waals surface area contributed by atoms with Crippen LogP contribution in [0.5, 0.6) is 0 Å². The van der Waals surface area contributed by atoms with Crippen LogP contribution in [0.3, 0.4) is 0 Å². The molecule has 1 aromatic carbocycles. The third kappa shape index (κ3) is 1.86. The molecule has 3 aromatic rings. The lowest BCUT2D eigenvalue weighted by molar-refractivity contribution is 0.773. The molecule has 0 saturated carbocycles. The molecule has 0 radical (unpaired) electrons. The van der Waals surface area contributed by atoms with Gasteiger partial charge in [-0.1, -0.05) is 30.3 Å². The van der Waals surface area contributed by atoms with E-state index in [9.17, 15) is 4.79 Å². The molecule has 0 saturated heterocycles. The quantitative estimate of drug-likeness (QED) is 0.673. The molecule has 3 rings (SSSR count). The fraction of sp³-hybridized carbons (Fsp3) is 0.0769. The van der Waals surface area contributed by atoms with Gasteiger partial charge in [0, 0.05) is 0 Å². The second-order valence-corrected chi connectivity index (χ2v) is 3.90. The topological polar surface area (TPSA) is 60.7 Å². The zero-order valence-electron chi connectivity index (χ0n) is 9.52. The van der Waals surface area contributed by atoms with Gasteiger partial charge in [-0.2, -0.15) is 0 Å². The zero-order chi connectivity index (χ0) is 12.4. The van der Waals surface area contributed by atoms with Crippen LogP contribution in [0.1, 0.15) is 5.56 Å². The summed E-state index contributed by atoms with van der Waals surface area (Å²) in [6.07, 6.45) is 4.32. The Morgan fingerprint density at radius 2 is 1.89 bits per heavy atom. The van der Waals surface area contributed by atoms with Gasteiger partial charge in [-0.05, 0) is 5.56 Å². The van der Waals surface area contributed by atoms with Crippen molar-refractivity contribution in [2.45, 2.75) is 6.54 Å². The van der Waals surface area contributed by atoms with Crippen LogP contribution in [0.2, 0.25) is 0 Å². The summed E-state index contributed by atoms with van der Waals surface area (Å²) in [5, 5.41) is 0. The van der Waals surface area contributed by atoms with Crippen LogP contribution in [0.4, 0.5) is 0 Å². The monoisotopic (exact) mass is 238 g/mol. The lowest BCUT2D eigenvalue weighted by Crippen LogP contribution is -2.21. The maximum atomic E-state index is 11.9. The molecule has 0 unspecified atom stereocenters. The Hall–Kier alpha value is -2.56. The summed E-state index contributed by atoms with van der Waals surface area (Å²) in [5.41, 5.74) is 2.06. The van der Waals surface area contributed by atoms with Crippen LogP contribution < -0.4 is 5.56 Å². The van der Waals surface area contributed by atoms with Crippen molar-refractivity contribution >= 4 is 11.2 Å². The van der Waals surface area contributed by atoms with E-state index >= 15 is 0 Å². The molecule has 0 atom stereocenters. The minimum Gasteiger partial charge on any atom is -0.285 e. The second kappa shape index (κ2) is 4.37. The summed E-state index contributed by atoms with van der Waals surface area (Å²) in [5.74, 6) is 0. The normalized spacial score (nSPS) is 10.7. The van der Waals surface area contributed by atoms with Crippen LogP contribution in [0.15, 0.2) is 53.8 Å². The minimum atomic E-state index is -0.162. The van der Waals surface area contributed by atoms with E-state index in [1.165, 1.54) is 12.5 Å². The number of nitrogens with zero attached hydrogens (tertiary/aromatic N) is 4. The summed E-state index contributed by atoms with van der Waals surface area (Å²) in [7, 11) is 0. The minimum absolute atomic E-state index is 0.162. The molecule has 0 aliphatic rings. The van der Waals surface area contributed by atoms with E-state index in [0.29, 0.717) is 17.7 Å². The van der Waals surface area contributed by atoms with Crippen molar-refractivity contribution < 1.29 is 0 Å². The van der Waals surface area contributed by atoms with Gasteiger partial charge in [0.15, 0.2) is 5.65 Å². The van der Waals surface area contributed by atoms with Gasteiger partial charge in [-0.15, -0.1) is 0 Å². The smallest absolute Gasteiger partial charge is 0.270 e. The lowest BCUT2D eigenvalue weighted by atomic mass is 10.2. The van der Waals surface area contributed by atoms with E-state index in [1.807, 2.05) is 30.3 Å². The van der Waals surface area contributed by atoms with Crippen LogP contribution in [-0.2, 0) is 6.54 Å². The van der Waals surface area contributed by atoms with Crippen molar-refractivity contribution in [3.63, 3.8) is 0 Å². The predicted molar refractivity (Wildman–Crippen MR) is 67.1 cm³/mol. The SMILES string of the molecule is O=c1cnc2cncnc2n1Cc1ccccc1. The van der Waals surface area contributed by atoms with E-state index in [-0.39, 0.29) is 5.56 Å². The molecular weight excluding hydrogens is 228 g/mol. The Morgan fingerprint density at radius 1 is 1.06 bits per heavy atom. The van der Waals surface area contributed by atoms with Gasteiger partial charge < -0.3 is 0 Å². The van der Waals surface area contributed by atoms with Crippen LogP contribution in [-0.4, -0.2) is 19.5 Å². The molecule has 0 aliphatic carbocycles. The Balaban J connectivity index is 2.16. The Bertz CT molecular complexity index is 737. The van der Waals surface area contributed by atoms with E-state index < -0.39 is 0 Å². The third-order valence-corrected chi connectivity index (χ3v) is 2.69. The number of rotatable bonds is 2. The molecule has 5 nitrogen and oxygen atoms in total. The first-order chi connectivity index (χ1) is 8.84. The molecule has 88 valence electrons. The van der Waals surface area contributed by atoms with Crippen molar-refractivity contribution in [1.82, 2.24) is 19.5 Å². The highest BCUT2D eigenvalue weighted by Gasteiger charge is 2.05. The molecule has 5 heteroatoms. The second-order valence-electron chi connectivity index (χ2n) is 3.90. The van der Waals surface area contributed by atoms with E-state index in [0.717, 1.165) is 5.56 Å². The van der Waals surface area contributed by atoms with Gasteiger partial charge in [0.05, 0.1) is 18.9 Å². The average Bonchev–Trinajstić information content (AvgIpc) is 2.43. The number of benzene rings is 1. The number of fused-ring (bicyclic) bond motifs is 1. The van der Waals surface area contributed by atoms with Gasteiger partial charge in [0.2, 0.25) is 0 Å². The summed E-state index contributed by atoms with van der Waals surface area (Å²) < 4.78 is 1.60. The van der Waals surface area contributed by atoms with E-state index in [2.05, 4.69) is 15.0 Å². The van der Waals surface area contributed by atoms with Crippen molar-refractivity contribution in [3.8, 4) is 0 Å². The Morgan fingerprint density at radius 3 is 2.72 bits per heavy atom. The van der Waals surface area contributed by atoms with Gasteiger partial charge >= 0.3 is 0 Å². The Kier molecular flexibility index (Phi) is 2.57. The number of aromatic nitrogens is 4.